The molecule has 1 heterocycles. The molecule has 0 saturated heterocycles. The molecule has 0 fully saturated rings. The van der Waals surface area contributed by atoms with Crippen molar-refractivity contribution in [1.82, 2.24) is 0 Å². The summed E-state index contributed by atoms with van der Waals surface area (Å²) in [6, 6.07) is 8.53. The molecule has 2 aromatic carbocycles. The Balaban J connectivity index is 1.81. The van der Waals surface area contributed by atoms with E-state index in [2.05, 4.69) is 20.6 Å². The van der Waals surface area contributed by atoms with E-state index < -0.39 is 0 Å². The number of carbonyl (C=O) groups is 2. The molecule has 0 aliphatic heterocycles. The van der Waals surface area contributed by atoms with Crippen LogP contribution in [-0.4, -0.2) is 61.2 Å². The molecule has 0 unspecified atom stereocenters. The topological polar surface area (TPSA) is 148 Å². The van der Waals surface area contributed by atoms with E-state index in [1.807, 2.05) is 0 Å². The van der Waals surface area contributed by atoms with Crippen molar-refractivity contribution >= 4 is 68.8 Å². The van der Waals surface area contributed by atoms with Crippen LogP contribution in [0.15, 0.2) is 51.0 Å². The first-order valence-corrected chi connectivity index (χ1v) is 12.0. The average molecular weight is 515 g/mol. The molecule has 9 nitrogen and oxygen atoms in total. The molecule has 35 heavy (non-hydrogen) atoms. The maximum atomic E-state index is 13.7. The Morgan fingerprint density at radius 1 is 0.829 bits per heavy atom. The minimum absolute atomic E-state index is 0.128. The molecule has 0 saturated carbocycles. The number of hydrogen-bond donors (Lipinski definition) is 4. The van der Waals surface area contributed by atoms with Crippen LogP contribution in [0.5, 0.6) is 0 Å². The number of amidine groups is 2. The number of hydrogen-bond acceptors (Lipinski definition) is 7. The molecule has 6 N–H and O–H groups in total. The molecular weight excluding hydrogens is 491 g/mol. The number of benzene rings is 2. The van der Waals surface area contributed by atoms with Crippen molar-refractivity contribution in [3.8, 4) is 0 Å². The highest BCUT2D eigenvalue weighted by atomic mass is 35.5. The number of alkyl halides is 2. The van der Waals surface area contributed by atoms with E-state index in [9.17, 15) is 9.59 Å². The molecule has 0 radical (unpaired) electrons. The summed E-state index contributed by atoms with van der Waals surface area (Å²) in [7, 11) is 0. The quantitative estimate of drug-likeness (QED) is 0.0833. The summed E-state index contributed by atoms with van der Waals surface area (Å²) in [6.45, 7) is 1.38. The van der Waals surface area contributed by atoms with E-state index >= 15 is 0 Å². The molecule has 0 spiro atoms. The van der Waals surface area contributed by atoms with Crippen LogP contribution in [0.3, 0.4) is 0 Å². The molecule has 1 aliphatic carbocycles. The lowest BCUT2D eigenvalue weighted by atomic mass is 9.81. The van der Waals surface area contributed by atoms with Gasteiger partial charge >= 0.3 is 0 Å². The lowest BCUT2D eigenvalue weighted by molar-refractivity contribution is 0.0980. The molecule has 4 rings (SSSR count). The number of nitrogens with one attached hydrogen (secondary N) is 2. The van der Waals surface area contributed by atoms with Crippen molar-refractivity contribution in [2.75, 3.05) is 48.6 Å². The Morgan fingerprint density at radius 3 is 1.89 bits per heavy atom. The Hall–Kier alpha value is -3.56. The van der Waals surface area contributed by atoms with Crippen LogP contribution in [0.25, 0.3) is 11.0 Å². The van der Waals surface area contributed by atoms with Gasteiger partial charge in [-0.3, -0.25) is 19.6 Å². The second-order valence-electron chi connectivity index (χ2n) is 7.73. The standard InChI is InChI=1S/C24H24Cl2N6O3/c25-11-16(27)29-6-8-31-20-15-5-10-35-24(15)21(32-9-7-30-17(28)12-26)19-18(20)22(33)13-3-1-2-4-14(13)23(19)34/h1-5,10,31-32H,6-9,11-12H2,(H2,27,29)(H2,28,30). The number of nitrogens with two attached hydrogens (primary N) is 2. The number of aliphatic imine (C=N–C) groups is 2. The second-order valence-corrected chi connectivity index (χ2v) is 8.27. The van der Waals surface area contributed by atoms with Gasteiger partial charge in [-0.1, -0.05) is 24.3 Å². The van der Waals surface area contributed by atoms with E-state index in [-0.39, 0.29) is 34.5 Å². The van der Waals surface area contributed by atoms with Gasteiger partial charge in [0.2, 0.25) is 0 Å². The molecule has 11 heteroatoms. The first-order valence-electron chi connectivity index (χ1n) is 10.9. The molecule has 182 valence electrons. The van der Waals surface area contributed by atoms with Crippen molar-refractivity contribution in [1.29, 1.82) is 0 Å². The summed E-state index contributed by atoms with van der Waals surface area (Å²) in [4.78, 5) is 35.7. The Kier molecular flexibility index (Phi) is 7.57. The Bertz CT molecular complexity index is 1250. The maximum absolute atomic E-state index is 13.7. The van der Waals surface area contributed by atoms with Gasteiger partial charge in [-0.2, -0.15) is 0 Å². The van der Waals surface area contributed by atoms with Crippen LogP contribution in [0.2, 0.25) is 0 Å². The maximum Gasteiger partial charge on any atom is 0.196 e. The summed E-state index contributed by atoms with van der Waals surface area (Å²) in [5.74, 6) is 0.371. The minimum atomic E-state index is -0.271. The first-order chi connectivity index (χ1) is 17.0. The van der Waals surface area contributed by atoms with E-state index in [1.165, 1.54) is 6.26 Å². The molecule has 0 atom stereocenters. The number of fused-ring (bicyclic) bond motifs is 3. The van der Waals surface area contributed by atoms with Gasteiger partial charge in [-0.05, 0) is 6.07 Å². The van der Waals surface area contributed by atoms with Gasteiger partial charge in [-0.15, -0.1) is 23.2 Å². The smallest absolute Gasteiger partial charge is 0.196 e. The van der Waals surface area contributed by atoms with E-state index in [0.29, 0.717) is 71.3 Å². The van der Waals surface area contributed by atoms with Crippen LogP contribution >= 0.6 is 23.2 Å². The fourth-order valence-electron chi connectivity index (χ4n) is 4.00. The lowest BCUT2D eigenvalue weighted by Crippen LogP contribution is -2.25. The van der Waals surface area contributed by atoms with Gasteiger partial charge in [0.25, 0.3) is 0 Å². The zero-order valence-corrected chi connectivity index (χ0v) is 20.2. The summed E-state index contributed by atoms with van der Waals surface area (Å²) < 4.78 is 5.78. The zero-order valence-electron chi connectivity index (χ0n) is 18.7. The third-order valence-electron chi connectivity index (χ3n) is 5.51. The fourth-order valence-corrected chi connectivity index (χ4v) is 4.17. The van der Waals surface area contributed by atoms with Crippen molar-refractivity contribution < 1.29 is 14.0 Å². The van der Waals surface area contributed by atoms with E-state index in [0.717, 1.165) is 0 Å². The Morgan fingerprint density at radius 2 is 1.34 bits per heavy atom. The van der Waals surface area contributed by atoms with Crippen molar-refractivity contribution in [2.24, 2.45) is 21.5 Å². The van der Waals surface area contributed by atoms with E-state index in [4.69, 9.17) is 39.1 Å². The van der Waals surface area contributed by atoms with Crippen LogP contribution in [0.4, 0.5) is 11.4 Å². The van der Waals surface area contributed by atoms with E-state index in [1.54, 1.807) is 30.3 Å². The van der Waals surface area contributed by atoms with Gasteiger partial charge < -0.3 is 26.5 Å². The second kappa shape index (κ2) is 10.8. The average Bonchev–Trinajstić information content (AvgIpc) is 3.37. The van der Waals surface area contributed by atoms with Crippen LogP contribution in [0, 0.1) is 0 Å². The van der Waals surface area contributed by atoms with Crippen molar-refractivity contribution in [3.05, 3.63) is 58.8 Å². The number of halogens is 2. The highest BCUT2D eigenvalue weighted by molar-refractivity contribution is 6.35. The van der Waals surface area contributed by atoms with Crippen molar-refractivity contribution in [3.63, 3.8) is 0 Å². The monoisotopic (exact) mass is 514 g/mol. The normalized spacial score (nSPS) is 13.7. The number of rotatable bonds is 10. The lowest BCUT2D eigenvalue weighted by Gasteiger charge is -2.24. The number of carbonyl (C=O) groups excluding carboxylic acids is 2. The summed E-state index contributed by atoms with van der Waals surface area (Å²) >= 11 is 11.4. The highest BCUT2D eigenvalue weighted by Gasteiger charge is 2.36. The van der Waals surface area contributed by atoms with Gasteiger partial charge in [0.05, 0.1) is 53.6 Å². The molecule has 1 aromatic heterocycles. The molecular formula is C24H24Cl2N6O3. The molecule has 0 amide bonds. The van der Waals surface area contributed by atoms with Gasteiger partial charge in [-0.25, -0.2) is 0 Å². The molecule has 0 bridgehead atoms. The van der Waals surface area contributed by atoms with Gasteiger partial charge in [0.1, 0.15) is 11.7 Å². The predicted octanol–water partition coefficient (Wildman–Crippen LogP) is 3.22. The highest BCUT2D eigenvalue weighted by Crippen LogP contribution is 2.43. The third-order valence-corrected chi connectivity index (χ3v) is 6.06. The fraction of sp³-hybridized carbons (Fsp3) is 0.250. The van der Waals surface area contributed by atoms with Gasteiger partial charge in [0, 0.05) is 29.6 Å². The summed E-state index contributed by atoms with van der Waals surface area (Å²) in [5, 5.41) is 7.14. The molecule has 3 aromatic rings. The molecule has 1 aliphatic rings. The SMILES string of the molecule is NC(CCl)=NCCNc1c2c(c(NCCN=C(N)CCl)c3occc13)C(=O)c1ccccc1C2=O. The van der Waals surface area contributed by atoms with Crippen LogP contribution in [-0.2, 0) is 0 Å². The van der Waals surface area contributed by atoms with Crippen LogP contribution < -0.4 is 22.1 Å². The third kappa shape index (κ3) is 4.82. The van der Waals surface area contributed by atoms with Crippen molar-refractivity contribution in [2.45, 2.75) is 0 Å². The minimum Gasteiger partial charge on any atom is -0.462 e. The largest absolute Gasteiger partial charge is 0.462 e. The van der Waals surface area contributed by atoms with Gasteiger partial charge in [0.15, 0.2) is 17.1 Å². The Labute approximate surface area is 211 Å². The first kappa shape index (κ1) is 24.6. The van der Waals surface area contributed by atoms with Crippen LogP contribution in [0.1, 0.15) is 31.8 Å². The number of anilines is 2. The summed E-state index contributed by atoms with van der Waals surface area (Å²) in [5.41, 5.74) is 14.0. The predicted molar refractivity (Wildman–Crippen MR) is 141 cm³/mol. The summed E-state index contributed by atoms with van der Waals surface area (Å²) in [6.07, 6.45) is 1.52. The zero-order chi connectivity index (χ0) is 24.9. The number of furan rings is 1. The number of ketones is 2. The number of nitrogens with zero attached hydrogens (tertiary/aromatic N) is 2.